The summed E-state index contributed by atoms with van der Waals surface area (Å²) >= 11 is 0. The number of sulfonamides is 1. The quantitative estimate of drug-likeness (QED) is 0.779. The molecular weight excluding hydrogens is 364 g/mol. The second kappa shape index (κ2) is 7.87. The molecule has 0 amide bonds. The van der Waals surface area contributed by atoms with Gasteiger partial charge in [-0.3, -0.25) is 4.90 Å². The monoisotopic (exact) mass is 392 g/mol. The fraction of sp³-hybridized carbons (Fsp3) is 0.632. The molecule has 0 radical (unpaired) electrons. The predicted molar refractivity (Wildman–Crippen MR) is 104 cm³/mol. The summed E-state index contributed by atoms with van der Waals surface area (Å²) in [6.07, 6.45) is 2.99. The van der Waals surface area contributed by atoms with Crippen molar-refractivity contribution in [1.82, 2.24) is 18.8 Å². The first kappa shape index (κ1) is 18.9. The molecule has 0 atom stereocenters. The summed E-state index contributed by atoms with van der Waals surface area (Å²) in [5.41, 5.74) is 1.76. The summed E-state index contributed by atoms with van der Waals surface area (Å²) in [7, 11) is -3.43. The molecule has 2 aromatic rings. The van der Waals surface area contributed by atoms with Crippen LogP contribution in [-0.2, 0) is 27.8 Å². The van der Waals surface area contributed by atoms with Gasteiger partial charge in [-0.1, -0.05) is 6.42 Å². The van der Waals surface area contributed by atoms with Gasteiger partial charge in [0.25, 0.3) is 0 Å². The zero-order valence-corrected chi connectivity index (χ0v) is 16.7. The van der Waals surface area contributed by atoms with Gasteiger partial charge < -0.3 is 9.30 Å². The number of aromatic nitrogens is 2. The van der Waals surface area contributed by atoms with Gasteiger partial charge in [-0.2, -0.15) is 4.31 Å². The lowest BCUT2D eigenvalue weighted by atomic mass is 10.2. The fourth-order valence-electron chi connectivity index (χ4n) is 4.01. The van der Waals surface area contributed by atoms with Crippen LogP contribution in [0, 0.1) is 0 Å². The highest BCUT2D eigenvalue weighted by Gasteiger charge is 2.27. The number of morpholine rings is 1. The normalized spacial score (nSPS) is 20.3. The second-order valence-corrected chi connectivity index (χ2v) is 9.21. The van der Waals surface area contributed by atoms with Crippen molar-refractivity contribution < 1.29 is 13.2 Å². The zero-order valence-electron chi connectivity index (χ0n) is 15.9. The number of aryl methyl sites for hydroxylation is 1. The molecule has 2 saturated heterocycles. The smallest absolute Gasteiger partial charge is 0.243 e. The van der Waals surface area contributed by atoms with Crippen molar-refractivity contribution in [3.8, 4) is 0 Å². The molecule has 4 rings (SSSR count). The molecule has 0 spiro atoms. The molecule has 2 fully saturated rings. The first-order valence-corrected chi connectivity index (χ1v) is 11.3. The highest BCUT2D eigenvalue weighted by Crippen LogP contribution is 2.25. The van der Waals surface area contributed by atoms with Crippen molar-refractivity contribution in [2.24, 2.45) is 0 Å². The molecule has 148 valence electrons. The highest BCUT2D eigenvalue weighted by atomic mass is 32.2. The van der Waals surface area contributed by atoms with Gasteiger partial charge in [0.05, 0.1) is 35.7 Å². The summed E-state index contributed by atoms with van der Waals surface area (Å²) in [5.74, 6) is 0.988. The number of nitrogens with zero attached hydrogens (tertiary/aromatic N) is 4. The maximum atomic E-state index is 13.0. The number of hydrogen-bond donors (Lipinski definition) is 0. The minimum absolute atomic E-state index is 0.357. The van der Waals surface area contributed by atoms with Crippen molar-refractivity contribution in [2.75, 3.05) is 39.4 Å². The Morgan fingerprint density at radius 1 is 1.07 bits per heavy atom. The van der Waals surface area contributed by atoms with Gasteiger partial charge in [-0.25, -0.2) is 13.4 Å². The van der Waals surface area contributed by atoms with Gasteiger partial charge in [0, 0.05) is 32.7 Å². The molecule has 0 N–H and O–H groups in total. The molecular formula is C19H28N4O3S. The molecule has 0 bridgehead atoms. The van der Waals surface area contributed by atoms with Gasteiger partial charge in [-0.15, -0.1) is 0 Å². The largest absolute Gasteiger partial charge is 0.379 e. The summed E-state index contributed by atoms with van der Waals surface area (Å²) in [4.78, 5) is 7.49. The van der Waals surface area contributed by atoms with Gasteiger partial charge in [0.15, 0.2) is 0 Å². The van der Waals surface area contributed by atoms with Crippen LogP contribution in [0.1, 0.15) is 32.0 Å². The number of benzene rings is 1. The summed E-state index contributed by atoms with van der Waals surface area (Å²) < 4.78 is 35.2. The fourth-order valence-corrected chi connectivity index (χ4v) is 5.54. The van der Waals surface area contributed by atoms with Crippen LogP contribution in [0.4, 0.5) is 0 Å². The number of ether oxygens (including phenoxy) is 1. The van der Waals surface area contributed by atoms with Gasteiger partial charge in [0.1, 0.15) is 5.82 Å². The number of hydrogen-bond acceptors (Lipinski definition) is 5. The van der Waals surface area contributed by atoms with Crippen LogP contribution in [0.2, 0.25) is 0 Å². The number of piperidine rings is 1. The van der Waals surface area contributed by atoms with E-state index in [0.717, 1.165) is 75.5 Å². The number of imidazole rings is 1. The first-order chi connectivity index (χ1) is 13.1. The van der Waals surface area contributed by atoms with Gasteiger partial charge >= 0.3 is 0 Å². The highest BCUT2D eigenvalue weighted by molar-refractivity contribution is 7.89. The van der Waals surface area contributed by atoms with Gasteiger partial charge in [-0.05, 0) is 38.0 Å². The third-order valence-corrected chi connectivity index (χ3v) is 7.43. The number of rotatable bonds is 5. The van der Waals surface area contributed by atoms with Crippen LogP contribution in [0.25, 0.3) is 11.0 Å². The van der Waals surface area contributed by atoms with Crippen molar-refractivity contribution in [1.29, 1.82) is 0 Å². The minimum Gasteiger partial charge on any atom is -0.379 e. The number of fused-ring (bicyclic) bond motifs is 1. The van der Waals surface area contributed by atoms with E-state index in [1.807, 2.05) is 6.07 Å². The Morgan fingerprint density at radius 2 is 1.81 bits per heavy atom. The SMILES string of the molecule is CCn1c(CN2CCOCC2)nc2cc(S(=O)(=O)N3CCCCC3)ccc21. The third kappa shape index (κ3) is 3.76. The van der Waals surface area contributed by atoms with Crippen LogP contribution in [0.15, 0.2) is 23.1 Å². The van der Waals surface area contributed by atoms with Crippen LogP contribution in [0.3, 0.4) is 0 Å². The summed E-state index contributed by atoms with van der Waals surface area (Å²) in [6, 6.07) is 5.39. The van der Waals surface area contributed by atoms with E-state index in [1.54, 1.807) is 16.4 Å². The Bertz CT molecular complexity index is 897. The van der Waals surface area contributed by atoms with Crippen molar-refractivity contribution in [3.05, 3.63) is 24.0 Å². The summed E-state index contributed by atoms with van der Waals surface area (Å²) in [5, 5.41) is 0. The zero-order chi connectivity index (χ0) is 18.9. The molecule has 1 aromatic heterocycles. The Balaban J connectivity index is 1.65. The predicted octanol–water partition coefficient (Wildman–Crippen LogP) is 2.06. The lowest BCUT2D eigenvalue weighted by molar-refractivity contribution is 0.0327. The molecule has 0 unspecified atom stereocenters. The van der Waals surface area contributed by atoms with E-state index in [0.29, 0.717) is 18.0 Å². The molecule has 2 aliphatic rings. The lowest BCUT2D eigenvalue weighted by Gasteiger charge is -2.26. The lowest BCUT2D eigenvalue weighted by Crippen LogP contribution is -2.36. The minimum atomic E-state index is -3.43. The van der Waals surface area contributed by atoms with E-state index in [2.05, 4.69) is 16.4 Å². The molecule has 7 nitrogen and oxygen atoms in total. The molecule has 1 aromatic carbocycles. The van der Waals surface area contributed by atoms with E-state index in [4.69, 9.17) is 9.72 Å². The standard InChI is InChI=1S/C19H28N4O3S/c1-2-23-18-7-6-16(27(24,25)22-8-4-3-5-9-22)14-17(18)20-19(23)15-21-10-12-26-13-11-21/h6-7,14H,2-5,8-13,15H2,1H3. The van der Waals surface area contributed by atoms with E-state index in [9.17, 15) is 8.42 Å². The van der Waals surface area contributed by atoms with E-state index in [1.165, 1.54) is 0 Å². The first-order valence-electron chi connectivity index (χ1n) is 9.89. The summed E-state index contributed by atoms with van der Waals surface area (Å²) in [6.45, 7) is 8.23. The van der Waals surface area contributed by atoms with Crippen molar-refractivity contribution in [3.63, 3.8) is 0 Å². The van der Waals surface area contributed by atoms with Crippen LogP contribution < -0.4 is 0 Å². The second-order valence-electron chi connectivity index (χ2n) is 7.28. The van der Waals surface area contributed by atoms with Crippen LogP contribution in [-0.4, -0.2) is 66.6 Å². The van der Waals surface area contributed by atoms with E-state index < -0.39 is 10.0 Å². The molecule has 8 heteroatoms. The Hall–Kier alpha value is -1.48. The average molecular weight is 393 g/mol. The van der Waals surface area contributed by atoms with Crippen molar-refractivity contribution >= 4 is 21.1 Å². The Kier molecular flexibility index (Phi) is 5.50. The maximum absolute atomic E-state index is 13.0. The molecule has 0 saturated carbocycles. The van der Waals surface area contributed by atoms with Crippen molar-refractivity contribution in [2.45, 2.75) is 44.2 Å². The molecule has 2 aliphatic heterocycles. The van der Waals surface area contributed by atoms with E-state index >= 15 is 0 Å². The van der Waals surface area contributed by atoms with Crippen LogP contribution in [0.5, 0.6) is 0 Å². The Labute approximate surface area is 161 Å². The molecule has 0 aliphatic carbocycles. The maximum Gasteiger partial charge on any atom is 0.243 e. The molecule has 27 heavy (non-hydrogen) atoms. The van der Waals surface area contributed by atoms with Crippen LogP contribution >= 0.6 is 0 Å². The topological polar surface area (TPSA) is 67.7 Å². The van der Waals surface area contributed by atoms with Gasteiger partial charge in [0.2, 0.25) is 10.0 Å². The Morgan fingerprint density at radius 3 is 2.52 bits per heavy atom. The average Bonchev–Trinajstić information content (AvgIpc) is 3.05. The van der Waals surface area contributed by atoms with E-state index in [-0.39, 0.29) is 0 Å². The third-order valence-electron chi connectivity index (χ3n) is 5.54. The molecule has 3 heterocycles.